The third-order valence-electron chi connectivity index (χ3n) is 4.82. The van der Waals surface area contributed by atoms with Crippen molar-refractivity contribution in [2.24, 2.45) is 4.99 Å². The van der Waals surface area contributed by atoms with Crippen molar-refractivity contribution in [3.63, 3.8) is 0 Å². The Morgan fingerprint density at radius 1 is 1.15 bits per heavy atom. The van der Waals surface area contributed by atoms with E-state index >= 15 is 0 Å². The number of carbonyl (C=O) groups is 1. The number of fused-ring (bicyclic) bond motifs is 1. The number of nitrogens with zero attached hydrogens (tertiary/aromatic N) is 3. The molecule has 1 aromatic heterocycles. The summed E-state index contributed by atoms with van der Waals surface area (Å²) in [7, 11) is 0. The molecule has 1 amide bonds. The normalized spacial score (nSPS) is 18.1. The fourth-order valence-corrected chi connectivity index (χ4v) is 4.35. The Balaban J connectivity index is 1.79. The van der Waals surface area contributed by atoms with Gasteiger partial charge in [0.05, 0.1) is 5.57 Å². The number of hydrogen-bond acceptors (Lipinski definition) is 3. The van der Waals surface area contributed by atoms with Gasteiger partial charge in [0.15, 0.2) is 5.17 Å². The average molecular weight is 376 g/mol. The van der Waals surface area contributed by atoms with Crippen LogP contribution >= 0.6 is 11.8 Å². The van der Waals surface area contributed by atoms with Gasteiger partial charge in [0, 0.05) is 22.8 Å². The molecule has 0 saturated heterocycles. The summed E-state index contributed by atoms with van der Waals surface area (Å²) in [4.78, 5) is 18.4. The maximum atomic E-state index is 12.5. The number of carbonyl (C=O) groups excluding carboxylic acids is 1. The van der Waals surface area contributed by atoms with E-state index in [-0.39, 0.29) is 11.7 Å². The van der Waals surface area contributed by atoms with Crippen LogP contribution in [0.5, 0.6) is 0 Å². The second-order valence-electron chi connectivity index (χ2n) is 6.82. The molecule has 0 spiro atoms. The molecule has 3 heterocycles. The van der Waals surface area contributed by atoms with Crippen LogP contribution in [0.1, 0.15) is 29.4 Å². The Morgan fingerprint density at radius 2 is 1.93 bits per heavy atom. The SMILES string of the molecule is CC1=CSC2=NC(=O)/C(=C/c3cc(C)n(-c4cccc(C)c4)c3C)C(=N)N12. The molecule has 1 N–H and O–H groups in total. The lowest BCUT2D eigenvalue weighted by molar-refractivity contribution is -0.114. The number of hydrogen-bond donors (Lipinski definition) is 1. The molecule has 0 radical (unpaired) electrons. The Labute approximate surface area is 162 Å². The second kappa shape index (κ2) is 6.39. The van der Waals surface area contributed by atoms with Crippen LogP contribution in [0.25, 0.3) is 11.8 Å². The summed E-state index contributed by atoms with van der Waals surface area (Å²) in [6.45, 7) is 8.07. The van der Waals surface area contributed by atoms with Crippen molar-refractivity contribution < 1.29 is 4.79 Å². The molecule has 0 unspecified atom stereocenters. The Bertz CT molecular complexity index is 1090. The van der Waals surface area contributed by atoms with E-state index in [1.807, 2.05) is 38.3 Å². The van der Waals surface area contributed by atoms with Crippen molar-refractivity contribution in [1.29, 1.82) is 5.41 Å². The van der Waals surface area contributed by atoms with E-state index in [4.69, 9.17) is 5.41 Å². The number of amidine groups is 2. The zero-order valence-electron chi connectivity index (χ0n) is 15.7. The first kappa shape index (κ1) is 17.5. The van der Waals surface area contributed by atoms with Crippen LogP contribution in [0.15, 0.2) is 52.0 Å². The van der Waals surface area contributed by atoms with Gasteiger partial charge in [0.1, 0.15) is 5.84 Å². The number of thioether (sulfide) groups is 1. The number of aryl methyl sites for hydroxylation is 2. The first-order valence-corrected chi connectivity index (χ1v) is 9.58. The number of aliphatic imine (C=N–C) groups is 1. The number of allylic oxidation sites excluding steroid dienone is 1. The lowest BCUT2D eigenvalue weighted by Crippen LogP contribution is -2.37. The van der Waals surface area contributed by atoms with Crippen LogP contribution < -0.4 is 0 Å². The van der Waals surface area contributed by atoms with Crippen molar-refractivity contribution in [1.82, 2.24) is 9.47 Å². The van der Waals surface area contributed by atoms with Gasteiger partial charge in [-0.25, -0.2) is 0 Å². The van der Waals surface area contributed by atoms with Crippen LogP contribution in [0.4, 0.5) is 0 Å². The molecule has 1 aromatic carbocycles. The van der Waals surface area contributed by atoms with Gasteiger partial charge in [-0.05, 0) is 68.5 Å². The van der Waals surface area contributed by atoms with E-state index in [1.165, 1.54) is 17.3 Å². The van der Waals surface area contributed by atoms with Crippen LogP contribution in [-0.2, 0) is 4.79 Å². The summed E-state index contributed by atoms with van der Waals surface area (Å²) in [5.74, 6) is -0.175. The van der Waals surface area contributed by atoms with E-state index in [2.05, 4.69) is 34.7 Å². The lowest BCUT2D eigenvalue weighted by Gasteiger charge is -2.25. The molecule has 0 bridgehead atoms. The highest BCUT2D eigenvalue weighted by atomic mass is 32.2. The molecule has 6 heteroatoms. The molecule has 0 fully saturated rings. The summed E-state index contributed by atoms with van der Waals surface area (Å²) in [5.41, 5.74) is 6.55. The minimum atomic E-state index is -0.359. The Hall–Kier alpha value is -2.86. The molecule has 136 valence electrons. The lowest BCUT2D eigenvalue weighted by atomic mass is 10.1. The van der Waals surface area contributed by atoms with E-state index in [0.717, 1.165) is 28.3 Å². The molecular weight excluding hydrogens is 356 g/mol. The quantitative estimate of drug-likeness (QED) is 0.781. The maximum absolute atomic E-state index is 12.5. The van der Waals surface area contributed by atoms with Gasteiger partial charge < -0.3 is 4.57 Å². The van der Waals surface area contributed by atoms with Crippen molar-refractivity contribution in [3.8, 4) is 5.69 Å². The number of benzene rings is 1. The molecule has 0 saturated carbocycles. The smallest absolute Gasteiger partial charge is 0.283 e. The van der Waals surface area contributed by atoms with Crippen LogP contribution in [-0.4, -0.2) is 26.4 Å². The fourth-order valence-electron chi connectivity index (χ4n) is 3.50. The van der Waals surface area contributed by atoms with Crippen molar-refractivity contribution in [2.75, 3.05) is 0 Å². The van der Waals surface area contributed by atoms with E-state index < -0.39 is 0 Å². The van der Waals surface area contributed by atoms with Gasteiger partial charge in [0.2, 0.25) is 0 Å². The van der Waals surface area contributed by atoms with Gasteiger partial charge in [-0.15, -0.1) is 0 Å². The van der Waals surface area contributed by atoms with E-state index in [0.29, 0.717) is 10.7 Å². The van der Waals surface area contributed by atoms with Crippen molar-refractivity contribution >= 4 is 34.7 Å². The molecule has 0 aliphatic carbocycles. The van der Waals surface area contributed by atoms with Crippen molar-refractivity contribution in [3.05, 3.63) is 69.5 Å². The first-order valence-electron chi connectivity index (χ1n) is 8.70. The highest BCUT2D eigenvalue weighted by molar-refractivity contribution is 8.16. The zero-order chi connectivity index (χ0) is 19.3. The maximum Gasteiger partial charge on any atom is 0.283 e. The largest absolute Gasteiger partial charge is 0.318 e. The number of aromatic nitrogens is 1. The molecule has 2 aromatic rings. The molecule has 5 nitrogen and oxygen atoms in total. The zero-order valence-corrected chi connectivity index (χ0v) is 16.5. The van der Waals surface area contributed by atoms with Gasteiger partial charge >= 0.3 is 0 Å². The van der Waals surface area contributed by atoms with Gasteiger partial charge in [0.25, 0.3) is 5.91 Å². The van der Waals surface area contributed by atoms with Gasteiger partial charge in [-0.1, -0.05) is 23.9 Å². The van der Waals surface area contributed by atoms with Gasteiger partial charge in [-0.2, -0.15) is 4.99 Å². The second-order valence-corrected chi connectivity index (χ2v) is 7.66. The third-order valence-corrected chi connectivity index (χ3v) is 5.76. The molecule has 4 rings (SSSR count). The summed E-state index contributed by atoms with van der Waals surface area (Å²) in [6.07, 6.45) is 1.79. The van der Waals surface area contributed by atoms with Crippen LogP contribution in [0, 0.1) is 26.2 Å². The van der Waals surface area contributed by atoms with Crippen molar-refractivity contribution in [2.45, 2.75) is 27.7 Å². The minimum absolute atomic E-state index is 0.184. The number of nitrogens with one attached hydrogen (secondary N) is 1. The first-order chi connectivity index (χ1) is 12.9. The third kappa shape index (κ3) is 2.86. The predicted molar refractivity (Wildman–Crippen MR) is 111 cm³/mol. The fraction of sp³-hybridized carbons (Fsp3) is 0.190. The summed E-state index contributed by atoms with van der Waals surface area (Å²) in [6, 6.07) is 10.4. The summed E-state index contributed by atoms with van der Waals surface area (Å²) < 4.78 is 2.17. The molecule has 2 aliphatic rings. The predicted octanol–water partition coefficient (Wildman–Crippen LogP) is 4.57. The standard InChI is InChI=1S/C21H20N4OS/c1-12-6-5-7-17(8-12)24-13(2)9-16(15(24)4)10-18-19(22)25-14(3)11-27-21(25)23-20(18)26/h5-11,22H,1-4H3/b18-10+,22-19?. The molecule has 27 heavy (non-hydrogen) atoms. The average Bonchev–Trinajstić information content (AvgIpc) is 3.11. The van der Waals surface area contributed by atoms with E-state index in [9.17, 15) is 4.79 Å². The monoisotopic (exact) mass is 376 g/mol. The highest BCUT2D eigenvalue weighted by Crippen LogP contribution is 2.32. The Kier molecular flexibility index (Phi) is 4.15. The summed E-state index contributed by atoms with van der Waals surface area (Å²) >= 11 is 1.38. The number of amides is 1. The topological polar surface area (TPSA) is 61.5 Å². The Morgan fingerprint density at radius 3 is 2.67 bits per heavy atom. The molecular formula is C21H20N4OS. The number of rotatable bonds is 2. The molecule has 0 atom stereocenters. The van der Waals surface area contributed by atoms with Crippen LogP contribution in [0.2, 0.25) is 0 Å². The van der Waals surface area contributed by atoms with Gasteiger partial charge in [-0.3, -0.25) is 15.1 Å². The minimum Gasteiger partial charge on any atom is -0.318 e. The molecule has 2 aliphatic heterocycles. The highest BCUT2D eigenvalue weighted by Gasteiger charge is 2.34. The van der Waals surface area contributed by atoms with Crippen LogP contribution in [0.3, 0.4) is 0 Å². The summed E-state index contributed by atoms with van der Waals surface area (Å²) in [5, 5.41) is 11.0. The van der Waals surface area contributed by atoms with E-state index in [1.54, 1.807) is 11.0 Å².